The van der Waals surface area contributed by atoms with E-state index < -0.39 is 11.8 Å². The number of likely N-dealkylation sites (N-methyl/N-ethyl adjacent to an activating group) is 1. The maximum Gasteiger partial charge on any atom is 0.308 e. The van der Waals surface area contributed by atoms with Crippen molar-refractivity contribution >= 4 is 50.9 Å². The summed E-state index contributed by atoms with van der Waals surface area (Å²) in [6.45, 7) is 14.6. The van der Waals surface area contributed by atoms with E-state index in [-0.39, 0.29) is 48.6 Å². The summed E-state index contributed by atoms with van der Waals surface area (Å²) in [5, 5.41) is 22.5. The third-order valence-electron chi connectivity index (χ3n) is 10.5. The number of aromatic nitrogens is 1. The highest BCUT2D eigenvalue weighted by Crippen LogP contribution is 2.29. The number of benzene rings is 1. The predicted molar refractivity (Wildman–Crippen MR) is 241 cm³/mol. The third-order valence-corrected chi connectivity index (χ3v) is 11.4. The SMILES string of the molecule is CCN(c1cccc(C)c1)C(O)Cn1c(C(=O)NC2CCC(C(=O)NCCCCCC(=O)NCCOCCOCCOCCOCCC(=O)OC(C)(C)C)CC2)cc2sccc21. The van der Waals surface area contributed by atoms with Crippen LogP contribution in [0.1, 0.15) is 102 Å². The summed E-state index contributed by atoms with van der Waals surface area (Å²) in [4.78, 5) is 52.4. The zero-order valence-corrected chi connectivity index (χ0v) is 38.4. The Kier molecular flexibility index (Phi) is 22.2. The lowest BCUT2D eigenvalue weighted by molar-refractivity contribution is -0.156. The molecule has 1 aliphatic rings. The second-order valence-electron chi connectivity index (χ2n) is 16.7. The molecule has 16 heteroatoms. The first-order valence-electron chi connectivity index (χ1n) is 22.3. The number of anilines is 1. The number of rotatable bonds is 29. The normalized spacial score (nSPS) is 15.9. The Balaban J connectivity index is 0.979. The van der Waals surface area contributed by atoms with Gasteiger partial charge in [0.15, 0.2) is 0 Å². The number of thiophene rings is 1. The van der Waals surface area contributed by atoms with Crippen molar-refractivity contribution in [2.75, 3.05) is 77.4 Å². The van der Waals surface area contributed by atoms with Crippen LogP contribution in [0.15, 0.2) is 41.8 Å². The molecule has 0 radical (unpaired) electrons. The highest BCUT2D eigenvalue weighted by molar-refractivity contribution is 7.17. The lowest BCUT2D eigenvalue weighted by Crippen LogP contribution is -2.42. The van der Waals surface area contributed by atoms with Crippen LogP contribution in [0, 0.1) is 12.8 Å². The summed E-state index contributed by atoms with van der Waals surface area (Å²) < 4.78 is 30.0. The molecule has 4 N–H and O–H groups in total. The highest BCUT2D eigenvalue weighted by atomic mass is 32.1. The number of hydrogen-bond donors (Lipinski definition) is 4. The number of ether oxygens (including phenoxy) is 5. The molecule has 0 bridgehead atoms. The zero-order chi connectivity index (χ0) is 44.7. The monoisotopic (exact) mass is 885 g/mol. The molecule has 0 spiro atoms. The van der Waals surface area contributed by atoms with E-state index in [4.69, 9.17) is 23.7 Å². The summed E-state index contributed by atoms with van der Waals surface area (Å²) in [7, 11) is 0. The molecule has 4 rings (SSSR count). The van der Waals surface area contributed by atoms with Gasteiger partial charge in [-0.05, 0) is 108 Å². The predicted octanol–water partition coefficient (Wildman–Crippen LogP) is 5.74. The van der Waals surface area contributed by atoms with Crippen LogP contribution >= 0.6 is 11.3 Å². The molecular formula is C46H71N5O10S. The van der Waals surface area contributed by atoms with Gasteiger partial charge < -0.3 is 54.2 Å². The number of esters is 1. The molecule has 0 aliphatic heterocycles. The minimum absolute atomic E-state index is 0.0180. The molecule has 1 unspecified atom stereocenters. The number of aliphatic hydroxyl groups is 1. The average Bonchev–Trinajstić information content (AvgIpc) is 3.83. The Hall–Kier alpha value is -4.06. The maximum atomic E-state index is 13.7. The van der Waals surface area contributed by atoms with Crippen LogP contribution < -0.4 is 20.9 Å². The summed E-state index contributed by atoms with van der Waals surface area (Å²) in [6, 6.07) is 11.9. The van der Waals surface area contributed by atoms with Gasteiger partial charge in [0.2, 0.25) is 11.8 Å². The fourth-order valence-electron chi connectivity index (χ4n) is 7.36. The van der Waals surface area contributed by atoms with Gasteiger partial charge in [-0.25, -0.2) is 0 Å². The van der Waals surface area contributed by atoms with Crippen molar-refractivity contribution in [3.8, 4) is 0 Å². The minimum Gasteiger partial charge on any atom is -0.460 e. The molecule has 1 aromatic carbocycles. The van der Waals surface area contributed by atoms with E-state index in [2.05, 4.69) is 22.0 Å². The standard InChI is InChI=1S/C46H71N5O10S/c1-6-50(37-12-10-11-34(2)31-37)42(53)33-51-38-19-30-62-40(38)32-39(51)45(56)49-36-16-14-35(15-17-36)44(55)48-20-9-7-8-13-41(52)47-21-23-58-25-27-60-29-28-59-26-24-57-22-18-43(54)61-46(3,4)5/h10-12,19,30-32,35-36,42,53H,6-9,13-18,20-29,33H2,1-5H3,(H,47,52)(H,48,55)(H,49,56). The number of aliphatic hydroxyl groups excluding tert-OH is 1. The smallest absolute Gasteiger partial charge is 0.308 e. The van der Waals surface area contributed by atoms with E-state index in [0.717, 1.165) is 53.6 Å². The van der Waals surface area contributed by atoms with Crippen molar-refractivity contribution in [1.82, 2.24) is 20.5 Å². The lowest BCUT2D eigenvalue weighted by Gasteiger charge is -2.30. The third kappa shape index (κ3) is 18.3. The van der Waals surface area contributed by atoms with Gasteiger partial charge in [0, 0.05) is 43.7 Å². The van der Waals surface area contributed by atoms with Crippen LogP contribution in [-0.2, 0) is 44.6 Å². The zero-order valence-electron chi connectivity index (χ0n) is 37.5. The van der Waals surface area contributed by atoms with Gasteiger partial charge in [0.05, 0.1) is 76.0 Å². The van der Waals surface area contributed by atoms with Gasteiger partial charge in [-0.1, -0.05) is 18.6 Å². The number of fused-ring (bicyclic) bond motifs is 1. The molecule has 62 heavy (non-hydrogen) atoms. The molecule has 15 nitrogen and oxygen atoms in total. The van der Waals surface area contributed by atoms with Crippen molar-refractivity contribution < 1.29 is 48.0 Å². The average molecular weight is 886 g/mol. The van der Waals surface area contributed by atoms with Gasteiger partial charge >= 0.3 is 5.97 Å². The van der Waals surface area contributed by atoms with Crippen LogP contribution in [0.4, 0.5) is 5.69 Å². The Morgan fingerprint density at radius 3 is 2.18 bits per heavy atom. The first-order chi connectivity index (χ1) is 29.8. The van der Waals surface area contributed by atoms with Crippen molar-refractivity contribution in [2.24, 2.45) is 5.92 Å². The van der Waals surface area contributed by atoms with Crippen LogP contribution in [0.25, 0.3) is 10.2 Å². The Bertz CT molecular complexity index is 1800. The van der Waals surface area contributed by atoms with E-state index in [1.807, 2.05) is 79.8 Å². The first-order valence-corrected chi connectivity index (χ1v) is 23.2. The number of hydrogen-bond acceptors (Lipinski definition) is 12. The van der Waals surface area contributed by atoms with Gasteiger partial charge in [0.1, 0.15) is 17.5 Å². The van der Waals surface area contributed by atoms with Gasteiger partial charge in [-0.15, -0.1) is 11.3 Å². The summed E-state index contributed by atoms with van der Waals surface area (Å²) in [5.41, 5.74) is 3.02. The molecule has 2 aromatic heterocycles. The van der Waals surface area contributed by atoms with Crippen molar-refractivity contribution in [2.45, 2.75) is 117 Å². The lowest BCUT2D eigenvalue weighted by atomic mass is 9.85. The van der Waals surface area contributed by atoms with Crippen LogP contribution in [0.3, 0.4) is 0 Å². The van der Waals surface area contributed by atoms with Gasteiger partial charge in [-0.2, -0.15) is 0 Å². The molecule has 2 heterocycles. The second-order valence-corrected chi connectivity index (χ2v) is 17.6. The topological polar surface area (TPSA) is 179 Å². The summed E-state index contributed by atoms with van der Waals surface area (Å²) in [6.07, 6.45) is 5.05. The van der Waals surface area contributed by atoms with E-state index in [9.17, 15) is 24.3 Å². The molecule has 1 fully saturated rings. The van der Waals surface area contributed by atoms with Crippen LogP contribution in [0.5, 0.6) is 0 Å². The summed E-state index contributed by atoms with van der Waals surface area (Å²) >= 11 is 1.57. The first kappa shape index (κ1) is 50.6. The molecular weight excluding hydrogens is 815 g/mol. The molecule has 1 saturated carbocycles. The minimum atomic E-state index is -0.824. The van der Waals surface area contributed by atoms with E-state index in [0.29, 0.717) is 97.4 Å². The highest BCUT2D eigenvalue weighted by Gasteiger charge is 2.29. The Labute approximate surface area is 371 Å². The second kappa shape index (κ2) is 27.2. The van der Waals surface area contributed by atoms with Crippen molar-refractivity contribution in [3.05, 3.63) is 53.0 Å². The summed E-state index contributed by atoms with van der Waals surface area (Å²) in [5.74, 6) is -0.487. The molecule has 3 amide bonds. The molecule has 3 aromatic rings. The van der Waals surface area contributed by atoms with Crippen molar-refractivity contribution in [1.29, 1.82) is 0 Å². The number of aryl methyl sites for hydroxylation is 1. The molecule has 1 atom stereocenters. The van der Waals surface area contributed by atoms with Gasteiger partial charge in [-0.3, -0.25) is 19.2 Å². The number of nitrogens with zero attached hydrogens (tertiary/aromatic N) is 2. The number of nitrogens with one attached hydrogen (secondary N) is 3. The largest absolute Gasteiger partial charge is 0.460 e. The fourth-order valence-corrected chi connectivity index (χ4v) is 8.18. The number of amides is 3. The molecule has 1 aliphatic carbocycles. The molecule has 346 valence electrons. The van der Waals surface area contributed by atoms with Crippen LogP contribution in [0.2, 0.25) is 0 Å². The quantitative estimate of drug-likeness (QED) is 0.0380. The van der Waals surface area contributed by atoms with E-state index in [1.54, 1.807) is 11.3 Å². The Morgan fingerprint density at radius 2 is 1.52 bits per heavy atom. The van der Waals surface area contributed by atoms with Crippen molar-refractivity contribution in [3.63, 3.8) is 0 Å². The van der Waals surface area contributed by atoms with Crippen LogP contribution in [-0.4, -0.2) is 124 Å². The van der Waals surface area contributed by atoms with E-state index in [1.165, 1.54) is 0 Å². The fraction of sp³-hybridized carbons (Fsp3) is 0.652. The number of unbranched alkanes of at least 4 members (excludes halogenated alkanes) is 2. The maximum absolute atomic E-state index is 13.7. The molecule has 0 saturated heterocycles. The Morgan fingerprint density at radius 1 is 0.839 bits per heavy atom. The number of carbonyl (C=O) groups excluding carboxylic acids is 4. The van der Waals surface area contributed by atoms with E-state index >= 15 is 0 Å². The number of carbonyl (C=O) groups is 4. The van der Waals surface area contributed by atoms with Gasteiger partial charge in [0.25, 0.3) is 5.91 Å².